The highest BCUT2D eigenvalue weighted by Gasteiger charge is 2.25. The van der Waals surface area contributed by atoms with Gasteiger partial charge in [0.2, 0.25) is 0 Å². The average molecular weight is 350 g/mol. The summed E-state index contributed by atoms with van der Waals surface area (Å²) in [5.41, 5.74) is 1.89. The number of carbonyl (C=O) groups is 2. The van der Waals surface area contributed by atoms with Gasteiger partial charge in [-0.2, -0.15) is 0 Å². The molecule has 0 radical (unpaired) electrons. The van der Waals surface area contributed by atoms with Gasteiger partial charge in [-0.25, -0.2) is 4.79 Å². The summed E-state index contributed by atoms with van der Waals surface area (Å²) in [5.74, 6) is -1.68. The van der Waals surface area contributed by atoms with Crippen LogP contribution in [0.1, 0.15) is 21.5 Å². The Labute approximate surface area is 140 Å². The number of carbonyl (C=O) groups excluding carboxylic acids is 1. The maximum Gasteiger partial charge on any atom is 0.335 e. The summed E-state index contributed by atoms with van der Waals surface area (Å²) in [4.78, 5) is 23.2. The van der Waals surface area contributed by atoms with E-state index < -0.39 is 5.97 Å². The van der Waals surface area contributed by atoms with Crippen LogP contribution in [0, 0.1) is 0 Å². The van der Waals surface area contributed by atoms with Crippen LogP contribution in [-0.4, -0.2) is 22.1 Å². The van der Waals surface area contributed by atoms with Crippen LogP contribution in [0.3, 0.4) is 0 Å². The van der Waals surface area contributed by atoms with Crippen molar-refractivity contribution < 1.29 is 19.8 Å². The third-order valence-electron chi connectivity index (χ3n) is 3.40. The van der Waals surface area contributed by atoms with Gasteiger partial charge in [0.15, 0.2) is 5.75 Å². The van der Waals surface area contributed by atoms with E-state index in [9.17, 15) is 14.7 Å². The molecule has 0 saturated carbocycles. The fourth-order valence-electron chi connectivity index (χ4n) is 2.30. The molecule has 0 saturated heterocycles. The Morgan fingerprint density at radius 2 is 1.78 bits per heavy atom. The number of phenolic OH excluding ortho intramolecular Hbond substituents is 1. The summed E-state index contributed by atoms with van der Waals surface area (Å²) in [6, 6.07) is 7.29. The quantitative estimate of drug-likeness (QED) is 0.717. The number of anilines is 1. The van der Waals surface area contributed by atoms with E-state index in [1.54, 1.807) is 0 Å². The fourth-order valence-corrected chi connectivity index (χ4v) is 2.80. The van der Waals surface area contributed by atoms with Gasteiger partial charge in [0.05, 0.1) is 15.6 Å². The Bertz CT molecular complexity index is 867. The van der Waals surface area contributed by atoms with E-state index in [0.717, 1.165) is 0 Å². The molecule has 0 unspecified atom stereocenters. The van der Waals surface area contributed by atoms with E-state index in [2.05, 4.69) is 5.32 Å². The molecule has 7 heteroatoms. The average Bonchev–Trinajstić information content (AvgIpc) is 2.80. The molecule has 1 amide bonds. The van der Waals surface area contributed by atoms with Gasteiger partial charge in [-0.05, 0) is 42.0 Å². The monoisotopic (exact) mass is 349 g/mol. The molecule has 0 aliphatic carbocycles. The second kappa shape index (κ2) is 5.61. The standard InChI is InChI=1S/C16H9Cl2NO4/c17-11-4-7(5-12(18)14(11)20)3-10-9-6-8(16(22)23)1-2-13(9)19-15(10)21/h1-6,20H,(H,19,21)(H,22,23). The number of nitrogens with one attached hydrogen (secondary N) is 1. The SMILES string of the molecule is O=C1Nc2ccc(C(=O)O)cc2C1=Cc1cc(Cl)c(O)c(Cl)c1. The highest BCUT2D eigenvalue weighted by Crippen LogP contribution is 2.37. The lowest BCUT2D eigenvalue weighted by Crippen LogP contribution is -2.03. The first kappa shape index (κ1) is 15.4. The van der Waals surface area contributed by atoms with Crippen molar-refractivity contribution >= 4 is 52.4 Å². The third kappa shape index (κ3) is 2.76. The zero-order chi connectivity index (χ0) is 16.7. The Morgan fingerprint density at radius 1 is 1.13 bits per heavy atom. The first-order chi connectivity index (χ1) is 10.9. The fraction of sp³-hybridized carbons (Fsp3) is 0. The molecule has 23 heavy (non-hydrogen) atoms. The van der Waals surface area contributed by atoms with Crippen LogP contribution in [0.4, 0.5) is 5.69 Å². The van der Waals surface area contributed by atoms with Crippen LogP contribution < -0.4 is 5.32 Å². The summed E-state index contributed by atoms with van der Waals surface area (Å²) < 4.78 is 0. The number of phenols is 1. The number of halogens is 2. The lowest BCUT2D eigenvalue weighted by atomic mass is 10.0. The van der Waals surface area contributed by atoms with Crippen molar-refractivity contribution in [1.82, 2.24) is 0 Å². The minimum absolute atomic E-state index is 0.0577. The predicted molar refractivity (Wildman–Crippen MR) is 88.0 cm³/mol. The van der Waals surface area contributed by atoms with Crippen LogP contribution in [-0.2, 0) is 4.79 Å². The first-order valence-electron chi connectivity index (χ1n) is 6.45. The molecule has 2 aromatic carbocycles. The number of fused-ring (bicyclic) bond motifs is 1. The highest BCUT2D eigenvalue weighted by molar-refractivity contribution is 6.38. The van der Waals surface area contributed by atoms with Crippen LogP contribution in [0.25, 0.3) is 11.6 Å². The van der Waals surface area contributed by atoms with Crippen molar-refractivity contribution in [2.24, 2.45) is 0 Å². The zero-order valence-electron chi connectivity index (χ0n) is 11.4. The van der Waals surface area contributed by atoms with Gasteiger partial charge in [-0.1, -0.05) is 23.2 Å². The van der Waals surface area contributed by atoms with Gasteiger partial charge in [-0.3, -0.25) is 4.79 Å². The van der Waals surface area contributed by atoms with E-state index in [4.69, 9.17) is 28.3 Å². The number of carboxylic acids is 1. The normalized spacial score (nSPS) is 14.7. The van der Waals surface area contributed by atoms with Crippen molar-refractivity contribution in [2.75, 3.05) is 5.32 Å². The molecule has 1 aliphatic rings. The van der Waals surface area contributed by atoms with E-state index in [0.29, 0.717) is 22.4 Å². The maximum absolute atomic E-state index is 12.1. The van der Waals surface area contributed by atoms with Crippen molar-refractivity contribution in [1.29, 1.82) is 0 Å². The molecule has 0 aromatic heterocycles. The van der Waals surface area contributed by atoms with Gasteiger partial charge in [0.25, 0.3) is 5.91 Å². The third-order valence-corrected chi connectivity index (χ3v) is 3.98. The molecule has 3 N–H and O–H groups in total. The molecule has 0 fully saturated rings. The number of benzene rings is 2. The largest absolute Gasteiger partial charge is 0.505 e. The maximum atomic E-state index is 12.1. The topological polar surface area (TPSA) is 86.6 Å². The number of rotatable bonds is 2. The smallest absolute Gasteiger partial charge is 0.335 e. The molecular weight excluding hydrogens is 341 g/mol. The first-order valence-corrected chi connectivity index (χ1v) is 7.21. The van der Waals surface area contributed by atoms with E-state index in [1.807, 2.05) is 0 Å². The van der Waals surface area contributed by atoms with Crippen molar-refractivity contribution in [3.05, 3.63) is 57.1 Å². The molecule has 0 bridgehead atoms. The minimum Gasteiger partial charge on any atom is -0.505 e. The number of aromatic carboxylic acids is 1. The van der Waals surface area contributed by atoms with Crippen molar-refractivity contribution in [3.63, 3.8) is 0 Å². The predicted octanol–water partition coefficient (Wildman–Crippen LogP) is 3.89. The molecule has 5 nitrogen and oxygen atoms in total. The Morgan fingerprint density at radius 3 is 2.39 bits per heavy atom. The number of amides is 1. The number of aromatic hydroxyl groups is 1. The van der Waals surface area contributed by atoms with Crippen LogP contribution in [0.5, 0.6) is 5.75 Å². The van der Waals surface area contributed by atoms with E-state index in [-0.39, 0.29) is 27.3 Å². The molecule has 1 heterocycles. The van der Waals surface area contributed by atoms with E-state index >= 15 is 0 Å². The number of hydrogen-bond donors (Lipinski definition) is 3. The van der Waals surface area contributed by atoms with Gasteiger partial charge in [-0.15, -0.1) is 0 Å². The highest BCUT2D eigenvalue weighted by atomic mass is 35.5. The number of carboxylic acid groups (broad SMARTS) is 1. The van der Waals surface area contributed by atoms with Crippen LogP contribution in [0.15, 0.2) is 30.3 Å². The van der Waals surface area contributed by atoms with Gasteiger partial charge in [0.1, 0.15) is 0 Å². The van der Waals surface area contributed by atoms with Crippen molar-refractivity contribution in [2.45, 2.75) is 0 Å². The minimum atomic E-state index is -1.08. The second-order valence-electron chi connectivity index (χ2n) is 4.91. The molecule has 0 atom stereocenters. The second-order valence-corrected chi connectivity index (χ2v) is 5.73. The summed E-state index contributed by atoms with van der Waals surface area (Å²) in [7, 11) is 0. The summed E-state index contributed by atoms with van der Waals surface area (Å²) >= 11 is 11.7. The molecule has 0 spiro atoms. The Hall–Kier alpha value is -2.50. The molecule has 3 rings (SSSR count). The molecule has 116 valence electrons. The summed E-state index contributed by atoms with van der Waals surface area (Å²) in [6.07, 6.45) is 1.53. The summed E-state index contributed by atoms with van der Waals surface area (Å²) in [5, 5.41) is 21.4. The molecule has 2 aromatic rings. The van der Waals surface area contributed by atoms with Crippen molar-refractivity contribution in [3.8, 4) is 5.75 Å². The lowest BCUT2D eigenvalue weighted by Gasteiger charge is -2.04. The van der Waals surface area contributed by atoms with Gasteiger partial charge >= 0.3 is 5.97 Å². The Kier molecular flexibility index (Phi) is 3.75. The van der Waals surface area contributed by atoms with E-state index in [1.165, 1.54) is 36.4 Å². The Balaban J connectivity index is 2.13. The van der Waals surface area contributed by atoms with Gasteiger partial charge in [0, 0.05) is 16.8 Å². The zero-order valence-corrected chi connectivity index (χ0v) is 12.9. The molecular formula is C16H9Cl2NO4. The lowest BCUT2D eigenvalue weighted by molar-refractivity contribution is -0.110. The van der Waals surface area contributed by atoms with Crippen LogP contribution >= 0.6 is 23.2 Å². The summed E-state index contributed by atoms with van der Waals surface area (Å²) in [6.45, 7) is 0. The van der Waals surface area contributed by atoms with Crippen LogP contribution in [0.2, 0.25) is 10.0 Å². The van der Waals surface area contributed by atoms with Gasteiger partial charge < -0.3 is 15.5 Å². The molecule has 1 aliphatic heterocycles. The number of hydrogen-bond acceptors (Lipinski definition) is 3.